The van der Waals surface area contributed by atoms with Gasteiger partial charge < -0.3 is 9.47 Å². The number of ether oxygens (including phenoxy) is 2. The van der Waals surface area contributed by atoms with Gasteiger partial charge in [0, 0.05) is 0 Å². The van der Waals surface area contributed by atoms with Crippen LogP contribution in [-0.4, -0.2) is 12.7 Å². The molecule has 0 N–H and O–H groups in total. The van der Waals surface area contributed by atoms with Crippen molar-refractivity contribution in [3.63, 3.8) is 0 Å². The first kappa shape index (κ1) is 12.7. The van der Waals surface area contributed by atoms with Crippen LogP contribution in [0.15, 0.2) is 30.3 Å². The molecule has 2 aromatic carbocycles. The summed E-state index contributed by atoms with van der Waals surface area (Å²) in [5, 5.41) is 2.38. The van der Waals surface area contributed by atoms with Gasteiger partial charge in [0.05, 0.1) is 7.11 Å². The Balaban J connectivity index is 2.50. The lowest BCUT2D eigenvalue weighted by Crippen LogP contribution is -2.22. The van der Waals surface area contributed by atoms with Gasteiger partial charge in [0.25, 0.3) is 0 Å². The molecule has 0 atom stereocenters. The monoisotopic (exact) mass is 244 g/mol. The molecule has 0 saturated carbocycles. The van der Waals surface area contributed by atoms with Gasteiger partial charge in [0.2, 0.25) is 0 Å². The van der Waals surface area contributed by atoms with Gasteiger partial charge in [0.15, 0.2) is 0 Å². The molecule has 0 heterocycles. The molecule has 2 nitrogen and oxygen atoms in total. The van der Waals surface area contributed by atoms with E-state index in [4.69, 9.17) is 9.47 Å². The Morgan fingerprint density at radius 3 is 2.22 bits per heavy atom. The summed E-state index contributed by atoms with van der Waals surface area (Å²) in [7, 11) is 1.69. The van der Waals surface area contributed by atoms with Crippen molar-refractivity contribution in [1.82, 2.24) is 0 Å². The third kappa shape index (κ3) is 2.76. The fraction of sp³-hybridized carbons (Fsp3) is 0.375. The molecule has 96 valence electrons. The van der Waals surface area contributed by atoms with Crippen molar-refractivity contribution in [2.45, 2.75) is 33.3 Å². The number of aryl methyl sites for hydroxylation is 1. The van der Waals surface area contributed by atoms with Crippen LogP contribution in [0, 0.1) is 6.92 Å². The Morgan fingerprint density at radius 1 is 0.944 bits per heavy atom. The summed E-state index contributed by atoms with van der Waals surface area (Å²) >= 11 is 0. The van der Waals surface area contributed by atoms with E-state index in [1.165, 1.54) is 10.9 Å². The van der Waals surface area contributed by atoms with Gasteiger partial charge in [0.1, 0.15) is 17.1 Å². The SMILES string of the molecule is COc1cc(C)c2ccc(OC(C)(C)C)cc2c1. The summed E-state index contributed by atoms with van der Waals surface area (Å²) in [6.45, 7) is 8.24. The summed E-state index contributed by atoms with van der Waals surface area (Å²) in [5.74, 6) is 1.77. The van der Waals surface area contributed by atoms with Gasteiger partial charge in [-0.15, -0.1) is 0 Å². The molecule has 18 heavy (non-hydrogen) atoms. The lowest BCUT2D eigenvalue weighted by atomic mass is 10.0. The zero-order valence-electron chi connectivity index (χ0n) is 11.7. The number of hydrogen-bond acceptors (Lipinski definition) is 2. The normalized spacial score (nSPS) is 11.6. The molecule has 0 fully saturated rings. The maximum absolute atomic E-state index is 5.88. The average Bonchev–Trinajstić information content (AvgIpc) is 2.26. The molecule has 0 saturated heterocycles. The van der Waals surface area contributed by atoms with E-state index in [1.807, 2.05) is 39.0 Å². The third-order valence-corrected chi connectivity index (χ3v) is 2.76. The summed E-state index contributed by atoms with van der Waals surface area (Å²) in [4.78, 5) is 0. The van der Waals surface area contributed by atoms with Crippen molar-refractivity contribution < 1.29 is 9.47 Å². The smallest absolute Gasteiger partial charge is 0.120 e. The van der Waals surface area contributed by atoms with E-state index in [0.717, 1.165) is 16.9 Å². The van der Waals surface area contributed by atoms with Crippen molar-refractivity contribution in [1.29, 1.82) is 0 Å². The zero-order chi connectivity index (χ0) is 13.3. The maximum atomic E-state index is 5.88. The Labute approximate surface area is 109 Å². The summed E-state index contributed by atoms with van der Waals surface area (Å²) < 4.78 is 11.2. The van der Waals surface area contributed by atoms with Crippen LogP contribution in [0.1, 0.15) is 26.3 Å². The van der Waals surface area contributed by atoms with E-state index < -0.39 is 0 Å². The Hall–Kier alpha value is -1.70. The number of rotatable bonds is 2. The van der Waals surface area contributed by atoms with E-state index in [1.54, 1.807) is 7.11 Å². The zero-order valence-corrected chi connectivity index (χ0v) is 11.7. The van der Waals surface area contributed by atoms with E-state index in [-0.39, 0.29) is 5.60 Å². The second-order valence-corrected chi connectivity index (χ2v) is 5.54. The predicted molar refractivity (Wildman–Crippen MR) is 75.6 cm³/mol. The Morgan fingerprint density at radius 2 is 1.61 bits per heavy atom. The standard InChI is InChI=1S/C16H20O2/c1-11-8-14(17-5)10-12-9-13(6-7-15(11)12)18-16(2,3)4/h6-10H,1-5H3. The molecule has 0 unspecified atom stereocenters. The topological polar surface area (TPSA) is 18.5 Å². The van der Waals surface area contributed by atoms with E-state index in [2.05, 4.69) is 19.1 Å². The van der Waals surface area contributed by atoms with E-state index in [9.17, 15) is 0 Å². The molecule has 0 aliphatic rings. The molecular weight excluding hydrogens is 224 g/mol. The highest BCUT2D eigenvalue weighted by atomic mass is 16.5. The molecule has 0 aliphatic carbocycles. The van der Waals surface area contributed by atoms with Crippen molar-refractivity contribution in [3.8, 4) is 11.5 Å². The summed E-state index contributed by atoms with van der Waals surface area (Å²) in [6.07, 6.45) is 0. The molecule has 2 aromatic rings. The van der Waals surface area contributed by atoms with Gasteiger partial charge in [-0.05, 0) is 68.3 Å². The van der Waals surface area contributed by atoms with Crippen LogP contribution >= 0.6 is 0 Å². The predicted octanol–water partition coefficient (Wildman–Crippen LogP) is 4.33. The third-order valence-electron chi connectivity index (χ3n) is 2.76. The van der Waals surface area contributed by atoms with Gasteiger partial charge in [-0.3, -0.25) is 0 Å². The van der Waals surface area contributed by atoms with Gasteiger partial charge in [-0.2, -0.15) is 0 Å². The van der Waals surface area contributed by atoms with Crippen molar-refractivity contribution >= 4 is 10.8 Å². The molecule has 0 bridgehead atoms. The second kappa shape index (κ2) is 4.52. The van der Waals surface area contributed by atoms with Crippen LogP contribution < -0.4 is 9.47 Å². The molecule has 0 radical (unpaired) electrons. The second-order valence-electron chi connectivity index (χ2n) is 5.54. The van der Waals surface area contributed by atoms with Crippen LogP contribution in [0.25, 0.3) is 10.8 Å². The molecular formula is C16H20O2. The first-order valence-electron chi connectivity index (χ1n) is 6.16. The van der Waals surface area contributed by atoms with Crippen molar-refractivity contribution in [3.05, 3.63) is 35.9 Å². The molecule has 0 amide bonds. The van der Waals surface area contributed by atoms with Gasteiger partial charge >= 0.3 is 0 Å². The minimum absolute atomic E-state index is 0.179. The van der Waals surface area contributed by atoms with Gasteiger partial charge in [-0.1, -0.05) is 6.07 Å². The number of methoxy groups -OCH3 is 1. The Kier molecular flexibility index (Phi) is 3.20. The minimum Gasteiger partial charge on any atom is -0.497 e. The van der Waals surface area contributed by atoms with Crippen molar-refractivity contribution in [2.75, 3.05) is 7.11 Å². The lowest BCUT2D eigenvalue weighted by molar-refractivity contribution is 0.131. The fourth-order valence-electron chi connectivity index (χ4n) is 2.04. The first-order valence-corrected chi connectivity index (χ1v) is 6.16. The number of benzene rings is 2. The Bertz CT molecular complexity index is 565. The highest BCUT2D eigenvalue weighted by molar-refractivity contribution is 5.88. The highest BCUT2D eigenvalue weighted by Gasteiger charge is 2.12. The highest BCUT2D eigenvalue weighted by Crippen LogP contribution is 2.29. The quantitative estimate of drug-likeness (QED) is 0.782. The minimum atomic E-state index is -0.179. The van der Waals surface area contributed by atoms with E-state index in [0.29, 0.717) is 0 Å². The van der Waals surface area contributed by atoms with Crippen LogP contribution in [0.2, 0.25) is 0 Å². The molecule has 0 spiro atoms. The largest absolute Gasteiger partial charge is 0.497 e. The lowest BCUT2D eigenvalue weighted by Gasteiger charge is -2.21. The van der Waals surface area contributed by atoms with Gasteiger partial charge in [-0.25, -0.2) is 0 Å². The number of hydrogen-bond donors (Lipinski definition) is 0. The fourth-order valence-corrected chi connectivity index (χ4v) is 2.04. The van der Waals surface area contributed by atoms with Crippen LogP contribution in [-0.2, 0) is 0 Å². The summed E-state index contributed by atoms with van der Waals surface area (Å²) in [6, 6.07) is 10.3. The molecule has 0 aromatic heterocycles. The maximum Gasteiger partial charge on any atom is 0.120 e. The first-order chi connectivity index (χ1) is 8.39. The molecule has 0 aliphatic heterocycles. The van der Waals surface area contributed by atoms with Crippen LogP contribution in [0.3, 0.4) is 0 Å². The van der Waals surface area contributed by atoms with Crippen LogP contribution in [0.4, 0.5) is 0 Å². The average molecular weight is 244 g/mol. The van der Waals surface area contributed by atoms with Crippen molar-refractivity contribution in [2.24, 2.45) is 0 Å². The molecule has 2 rings (SSSR count). The summed E-state index contributed by atoms with van der Waals surface area (Å²) in [5.41, 5.74) is 1.04. The number of fused-ring (bicyclic) bond motifs is 1. The van der Waals surface area contributed by atoms with Crippen LogP contribution in [0.5, 0.6) is 11.5 Å². The van der Waals surface area contributed by atoms with E-state index >= 15 is 0 Å². The molecule has 2 heteroatoms.